The van der Waals surface area contributed by atoms with Crippen LogP contribution in [0.15, 0.2) is 21.9 Å². The van der Waals surface area contributed by atoms with Crippen LogP contribution in [0.25, 0.3) is 11.4 Å². The first kappa shape index (κ1) is 20.7. The van der Waals surface area contributed by atoms with E-state index in [0.717, 1.165) is 5.56 Å². The van der Waals surface area contributed by atoms with Crippen LogP contribution in [-0.2, 0) is 14.6 Å². The second kappa shape index (κ2) is 8.16. The van der Waals surface area contributed by atoms with Crippen molar-refractivity contribution in [3.63, 3.8) is 0 Å². The third-order valence-electron chi connectivity index (χ3n) is 4.62. The summed E-state index contributed by atoms with van der Waals surface area (Å²) in [4.78, 5) is 14.5. The van der Waals surface area contributed by atoms with E-state index < -0.39 is 9.84 Å². The number of rotatable bonds is 7. The summed E-state index contributed by atoms with van der Waals surface area (Å²) >= 11 is 1.19. The van der Waals surface area contributed by atoms with Crippen LogP contribution in [0, 0.1) is 12.8 Å². The van der Waals surface area contributed by atoms with Gasteiger partial charge in [0, 0.05) is 12.6 Å². The largest absolute Gasteiger partial charge is 0.469 e. The van der Waals surface area contributed by atoms with Gasteiger partial charge in [0.25, 0.3) is 0 Å². The SMILES string of the molecule is Cc1occc1-c1nnc(SCC(=O)N(CC(C)C)[C@@H]2CCS(=O)(=O)C2)n1N. The third-order valence-corrected chi connectivity index (χ3v) is 7.30. The molecular weight excluding hydrogens is 402 g/mol. The zero-order chi connectivity index (χ0) is 20.5. The summed E-state index contributed by atoms with van der Waals surface area (Å²) in [6.07, 6.45) is 2.04. The zero-order valence-electron chi connectivity index (χ0n) is 16.2. The third kappa shape index (κ3) is 4.52. The van der Waals surface area contributed by atoms with E-state index in [1.165, 1.54) is 16.4 Å². The van der Waals surface area contributed by atoms with Gasteiger partial charge in [-0.3, -0.25) is 4.79 Å². The van der Waals surface area contributed by atoms with Gasteiger partial charge in [0.1, 0.15) is 5.76 Å². The van der Waals surface area contributed by atoms with E-state index in [1.807, 2.05) is 13.8 Å². The predicted octanol–water partition coefficient (Wildman–Crippen LogP) is 1.32. The Kier molecular flexibility index (Phi) is 6.04. The molecule has 11 heteroatoms. The smallest absolute Gasteiger partial charge is 0.233 e. The van der Waals surface area contributed by atoms with Crippen LogP contribution >= 0.6 is 11.8 Å². The minimum atomic E-state index is -3.07. The first-order chi connectivity index (χ1) is 13.2. The van der Waals surface area contributed by atoms with E-state index in [9.17, 15) is 13.2 Å². The molecule has 1 atom stereocenters. The molecule has 0 unspecified atom stereocenters. The molecule has 2 aromatic rings. The number of aryl methyl sites for hydroxylation is 1. The molecule has 28 heavy (non-hydrogen) atoms. The Hall–Kier alpha value is -2.01. The van der Waals surface area contributed by atoms with Gasteiger partial charge in [-0.2, -0.15) is 0 Å². The quantitative estimate of drug-likeness (QED) is 0.518. The lowest BCUT2D eigenvalue weighted by Gasteiger charge is -2.29. The summed E-state index contributed by atoms with van der Waals surface area (Å²) in [7, 11) is -3.07. The maximum absolute atomic E-state index is 12.8. The highest BCUT2D eigenvalue weighted by Crippen LogP contribution is 2.26. The first-order valence-corrected chi connectivity index (χ1v) is 11.9. The number of furan rings is 1. The topological polar surface area (TPSA) is 124 Å². The molecule has 0 aliphatic carbocycles. The molecule has 9 nitrogen and oxygen atoms in total. The summed E-state index contributed by atoms with van der Waals surface area (Å²) in [5.41, 5.74) is 0.741. The average Bonchev–Trinajstić information content (AvgIpc) is 3.29. The highest BCUT2D eigenvalue weighted by molar-refractivity contribution is 7.99. The van der Waals surface area contributed by atoms with Crippen molar-refractivity contribution >= 4 is 27.5 Å². The second-order valence-electron chi connectivity index (χ2n) is 7.35. The molecule has 3 rings (SSSR count). The molecule has 1 amide bonds. The van der Waals surface area contributed by atoms with Crippen molar-refractivity contribution in [2.75, 3.05) is 29.6 Å². The van der Waals surface area contributed by atoms with Crippen LogP contribution in [0.4, 0.5) is 0 Å². The molecule has 0 radical (unpaired) electrons. The monoisotopic (exact) mass is 427 g/mol. The van der Waals surface area contributed by atoms with Gasteiger partial charge in [0.15, 0.2) is 15.7 Å². The number of aromatic nitrogens is 3. The summed E-state index contributed by atoms with van der Waals surface area (Å²) in [6, 6.07) is 1.49. The van der Waals surface area contributed by atoms with Crippen molar-refractivity contribution in [3.05, 3.63) is 18.1 Å². The Morgan fingerprint density at radius 3 is 2.79 bits per heavy atom. The fourth-order valence-electron chi connectivity index (χ4n) is 3.25. The maximum Gasteiger partial charge on any atom is 0.233 e. The fraction of sp³-hybridized carbons (Fsp3) is 0.588. The van der Waals surface area contributed by atoms with Gasteiger partial charge in [-0.25, -0.2) is 13.1 Å². The highest BCUT2D eigenvalue weighted by atomic mass is 32.2. The molecule has 0 bridgehead atoms. The van der Waals surface area contributed by atoms with E-state index in [4.69, 9.17) is 10.3 Å². The maximum atomic E-state index is 12.8. The molecule has 2 aromatic heterocycles. The fourth-order valence-corrected chi connectivity index (χ4v) is 5.73. The van der Waals surface area contributed by atoms with Gasteiger partial charge in [0.05, 0.1) is 29.1 Å². The Balaban J connectivity index is 1.69. The molecule has 154 valence electrons. The Morgan fingerprint density at radius 1 is 1.46 bits per heavy atom. The lowest BCUT2D eigenvalue weighted by Crippen LogP contribution is -2.44. The van der Waals surface area contributed by atoms with Gasteiger partial charge >= 0.3 is 0 Å². The van der Waals surface area contributed by atoms with Gasteiger partial charge in [-0.05, 0) is 25.3 Å². The molecule has 0 aromatic carbocycles. The van der Waals surface area contributed by atoms with Crippen LogP contribution < -0.4 is 5.84 Å². The standard InChI is InChI=1S/C17H25N5O4S2/c1-11(2)8-21(13-5-7-28(24,25)10-13)15(23)9-27-17-20-19-16(22(17)18)14-4-6-26-12(14)3/h4,6,11,13H,5,7-10,18H2,1-3H3/t13-/m1/s1. The van der Waals surface area contributed by atoms with Crippen LogP contribution in [0.2, 0.25) is 0 Å². The minimum absolute atomic E-state index is 0.0348. The predicted molar refractivity (Wildman–Crippen MR) is 107 cm³/mol. The van der Waals surface area contributed by atoms with Crippen molar-refractivity contribution in [1.29, 1.82) is 0 Å². The molecule has 0 spiro atoms. The Morgan fingerprint density at radius 2 is 2.21 bits per heavy atom. The van der Waals surface area contributed by atoms with E-state index in [0.29, 0.717) is 29.7 Å². The van der Waals surface area contributed by atoms with Gasteiger partial charge in [0.2, 0.25) is 11.1 Å². The Bertz CT molecular complexity index is 951. The summed E-state index contributed by atoms with van der Waals surface area (Å²) in [5, 5.41) is 8.57. The molecule has 1 saturated heterocycles. The molecule has 1 aliphatic heterocycles. The van der Waals surface area contributed by atoms with E-state index in [2.05, 4.69) is 10.2 Å². The number of amides is 1. The van der Waals surface area contributed by atoms with Crippen LogP contribution in [0.3, 0.4) is 0 Å². The van der Waals surface area contributed by atoms with Gasteiger partial charge < -0.3 is 15.2 Å². The molecule has 3 heterocycles. The van der Waals surface area contributed by atoms with Gasteiger partial charge in [-0.15, -0.1) is 10.2 Å². The number of hydrogen-bond acceptors (Lipinski definition) is 8. The molecule has 0 saturated carbocycles. The van der Waals surface area contributed by atoms with Crippen LogP contribution in [0.5, 0.6) is 0 Å². The van der Waals surface area contributed by atoms with E-state index in [1.54, 1.807) is 24.2 Å². The zero-order valence-corrected chi connectivity index (χ0v) is 17.8. The number of carbonyl (C=O) groups is 1. The van der Waals surface area contributed by atoms with Crippen molar-refractivity contribution in [3.8, 4) is 11.4 Å². The van der Waals surface area contributed by atoms with Gasteiger partial charge in [-0.1, -0.05) is 25.6 Å². The first-order valence-electron chi connectivity index (χ1n) is 9.05. The molecular formula is C17H25N5O4S2. The Labute approximate surface area is 168 Å². The lowest BCUT2D eigenvalue weighted by molar-refractivity contribution is -0.130. The summed E-state index contributed by atoms with van der Waals surface area (Å²) < 4.78 is 30.3. The second-order valence-corrected chi connectivity index (χ2v) is 10.5. The minimum Gasteiger partial charge on any atom is -0.469 e. The van der Waals surface area contributed by atoms with Crippen LogP contribution in [-0.4, -0.2) is 63.9 Å². The summed E-state index contributed by atoms with van der Waals surface area (Å²) in [5.74, 6) is 7.63. The number of nitrogen functional groups attached to an aromatic ring is 1. The van der Waals surface area contributed by atoms with E-state index >= 15 is 0 Å². The van der Waals surface area contributed by atoms with Crippen molar-refractivity contribution in [2.24, 2.45) is 5.92 Å². The van der Waals surface area contributed by atoms with Crippen LogP contribution in [0.1, 0.15) is 26.0 Å². The number of nitrogens with two attached hydrogens (primary N) is 1. The number of thioether (sulfide) groups is 1. The van der Waals surface area contributed by atoms with Crippen molar-refractivity contribution < 1.29 is 17.6 Å². The summed E-state index contributed by atoms with van der Waals surface area (Å²) in [6.45, 7) is 6.34. The van der Waals surface area contributed by atoms with E-state index in [-0.39, 0.29) is 35.1 Å². The van der Waals surface area contributed by atoms with Crippen molar-refractivity contribution in [2.45, 2.75) is 38.4 Å². The normalized spacial score (nSPS) is 18.6. The number of sulfone groups is 1. The number of nitrogens with zero attached hydrogens (tertiary/aromatic N) is 4. The lowest BCUT2D eigenvalue weighted by atomic mass is 10.1. The number of carbonyl (C=O) groups excluding carboxylic acids is 1. The molecule has 1 fully saturated rings. The van der Waals surface area contributed by atoms with Crippen molar-refractivity contribution in [1.82, 2.24) is 19.8 Å². The molecule has 2 N–H and O–H groups in total. The number of hydrogen-bond donors (Lipinski definition) is 1. The molecule has 1 aliphatic rings. The average molecular weight is 428 g/mol. The highest BCUT2D eigenvalue weighted by Gasteiger charge is 2.35.